The lowest BCUT2D eigenvalue weighted by Crippen LogP contribution is -2.16. The Balaban J connectivity index is 1.59. The molecule has 2 aromatic carbocycles. The third kappa shape index (κ3) is 4.87. The normalized spacial score (nSPS) is 10.8. The molecule has 32 heavy (non-hydrogen) atoms. The van der Waals surface area contributed by atoms with E-state index >= 15 is 0 Å². The van der Waals surface area contributed by atoms with Crippen LogP contribution in [-0.2, 0) is 0 Å². The first-order valence-corrected chi connectivity index (χ1v) is 12.2. The van der Waals surface area contributed by atoms with Crippen molar-refractivity contribution in [2.45, 2.75) is 25.7 Å². The van der Waals surface area contributed by atoms with Gasteiger partial charge in [0.05, 0.1) is 23.6 Å². The van der Waals surface area contributed by atoms with Crippen LogP contribution in [0.3, 0.4) is 0 Å². The monoisotopic (exact) mass is 464 g/mol. The van der Waals surface area contributed by atoms with Crippen LogP contribution in [0.2, 0.25) is 0 Å². The fourth-order valence-electron chi connectivity index (χ4n) is 3.24. The van der Waals surface area contributed by atoms with Crippen LogP contribution < -0.4 is 10.1 Å². The number of aryl methyl sites for hydroxylation is 1. The Bertz CT molecular complexity index is 1210. The van der Waals surface area contributed by atoms with E-state index in [1.165, 1.54) is 11.3 Å². The molecule has 0 unspecified atom stereocenters. The average molecular weight is 465 g/mol. The lowest BCUT2D eigenvalue weighted by molar-refractivity contribution is 0.102. The molecule has 0 aliphatic heterocycles. The molecule has 0 saturated carbocycles. The van der Waals surface area contributed by atoms with E-state index in [9.17, 15) is 4.79 Å². The van der Waals surface area contributed by atoms with E-state index in [-0.39, 0.29) is 5.91 Å². The van der Waals surface area contributed by atoms with E-state index in [1.54, 1.807) is 16.4 Å². The summed E-state index contributed by atoms with van der Waals surface area (Å²) >= 11 is 3.13. The summed E-state index contributed by atoms with van der Waals surface area (Å²) < 4.78 is 7.20. The van der Waals surface area contributed by atoms with Crippen molar-refractivity contribution in [2.24, 2.45) is 0 Å². The van der Waals surface area contributed by atoms with Crippen LogP contribution in [0, 0.1) is 6.92 Å². The zero-order valence-electron chi connectivity index (χ0n) is 18.2. The Morgan fingerprint density at radius 1 is 1.16 bits per heavy atom. The van der Waals surface area contributed by atoms with Crippen LogP contribution in [0.25, 0.3) is 16.4 Å². The Labute approximate surface area is 195 Å². The van der Waals surface area contributed by atoms with Gasteiger partial charge in [-0.2, -0.15) is 9.78 Å². The van der Waals surface area contributed by atoms with Gasteiger partial charge in [-0.15, -0.1) is 23.1 Å². The molecular formula is C24H24N4O2S2. The Hall–Kier alpha value is -3.10. The number of carbonyl (C=O) groups excluding carboxylic acids is 1. The highest BCUT2D eigenvalue weighted by Crippen LogP contribution is 2.28. The number of hydrogen-bond acceptors (Lipinski definition) is 6. The van der Waals surface area contributed by atoms with Gasteiger partial charge in [-0.3, -0.25) is 4.79 Å². The molecule has 6 nitrogen and oxygen atoms in total. The molecule has 2 aromatic heterocycles. The molecule has 0 bridgehead atoms. The van der Waals surface area contributed by atoms with Crippen LogP contribution in [0.15, 0.2) is 64.9 Å². The van der Waals surface area contributed by atoms with Gasteiger partial charge in [-0.1, -0.05) is 19.1 Å². The Morgan fingerprint density at radius 3 is 2.69 bits per heavy atom. The lowest BCUT2D eigenvalue weighted by atomic mass is 10.2. The van der Waals surface area contributed by atoms with Gasteiger partial charge in [-0.25, -0.2) is 4.98 Å². The van der Waals surface area contributed by atoms with Crippen LogP contribution in [0.4, 0.5) is 5.82 Å². The molecule has 164 valence electrons. The van der Waals surface area contributed by atoms with Crippen LogP contribution in [0.1, 0.15) is 29.9 Å². The van der Waals surface area contributed by atoms with Crippen LogP contribution >= 0.6 is 23.1 Å². The van der Waals surface area contributed by atoms with Crippen molar-refractivity contribution in [2.75, 3.05) is 17.7 Å². The van der Waals surface area contributed by atoms with Gasteiger partial charge in [0, 0.05) is 21.9 Å². The average Bonchev–Trinajstić information content (AvgIpc) is 3.42. The molecule has 2 heterocycles. The van der Waals surface area contributed by atoms with Gasteiger partial charge >= 0.3 is 0 Å². The van der Waals surface area contributed by atoms with E-state index in [0.29, 0.717) is 23.1 Å². The van der Waals surface area contributed by atoms with E-state index in [0.717, 1.165) is 33.3 Å². The zero-order valence-corrected chi connectivity index (χ0v) is 19.8. The van der Waals surface area contributed by atoms with Gasteiger partial charge < -0.3 is 10.1 Å². The van der Waals surface area contributed by atoms with Crippen molar-refractivity contribution in [3.05, 3.63) is 71.2 Å². The minimum absolute atomic E-state index is 0.161. The molecule has 0 radical (unpaired) electrons. The maximum atomic E-state index is 13.0. The number of hydrogen-bond donors (Lipinski definition) is 1. The minimum atomic E-state index is -0.161. The number of ether oxygens (including phenoxy) is 1. The molecule has 1 N–H and O–H groups in total. The summed E-state index contributed by atoms with van der Waals surface area (Å²) in [7, 11) is 0. The lowest BCUT2D eigenvalue weighted by Gasteiger charge is -2.10. The molecule has 0 saturated heterocycles. The molecular weight excluding hydrogens is 440 g/mol. The topological polar surface area (TPSA) is 69.0 Å². The molecule has 4 rings (SSSR count). The third-order valence-corrected chi connectivity index (χ3v) is 6.41. The number of rotatable bonds is 8. The molecule has 0 fully saturated rings. The number of thioether (sulfide) groups is 1. The van der Waals surface area contributed by atoms with Crippen LogP contribution in [-0.4, -0.2) is 33.0 Å². The standard InChI is InChI=1S/C24H24N4O2S2/c1-4-30-18-12-10-17(11-13-18)20-15-32-24(25-20)28-22(14-16(3)27-28)26-23(29)19-8-6-7-9-21(19)31-5-2/h6-15H,4-5H2,1-3H3,(H,26,29). The van der Waals surface area contributed by atoms with Crippen molar-refractivity contribution in [1.29, 1.82) is 0 Å². The Morgan fingerprint density at radius 2 is 1.94 bits per heavy atom. The summed E-state index contributed by atoms with van der Waals surface area (Å²) in [6.45, 7) is 6.56. The second kappa shape index (κ2) is 10.0. The van der Waals surface area contributed by atoms with Crippen molar-refractivity contribution in [1.82, 2.24) is 14.8 Å². The Kier molecular flexibility index (Phi) is 6.92. The summed E-state index contributed by atoms with van der Waals surface area (Å²) in [5.41, 5.74) is 3.30. The highest BCUT2D eigenvalue weighted by Gasteiger charge is 2.17. The molecule has 0 aliphatic rings. The van der Waals surface area contributed by atoms with E-state index < -0.39 is 0 Å². The van der Waals surface area contributed by atoms with E-state index in [2.05, 4.69) is 17.3 Å². The first-order chi connectivity index (χ1) is 15.6. The summed E-state index contributed by atoms with van der Waals surface area (Å²) in [5, 5.41) is 10.2. The van der Waals surface area contributed by atoms with Gasteiger partial charge in [0.1, 0.15) is 11.6 Å². The molecule has 0 spiro atoms. The summed E-state index contributed by atoms with van der Waals surface area (Å²) in [5.74, 6) is 2.16. The summed E-state index contributed by atoms with van der Waals surface area (Å²) in [6.07, 6.45) is 0. The quantitative estimate of drug-likeness (QED) is 0.321. The van der Waals surface area contributed by atoms with E-state index in [4.69, 9.17) is 9.72 Å². The number of benzene rings is 2. The predicted octanol–water partition coefficient (Wildman–Crippen LogP) is 6.07. The van der Waals surface area contributed by atoms with Crippen molar-refractivity contribution >= 4 is 34.8 Å². The number of amides is 1. The SMILES string of the molecule is CCOc1ccc(-c2csc(-n3nc(C)cc3NC(=O)c3ccccc3SCC)n2)cc1. The van der Waals surface area contributed by atoms with E-state index in [1.807, 2.05) is 73.8 Å². The van der Waals surface area contributed by atoms with Crippen molar-refractivity contribution < 1.29 is 9.53 Å². The number of nitrogens with zero attached hydrogens (tertiary/aromatic N) is 3. The number of thiazole rings is 1. The predicted molar refractivity (Wildman–Crippen MR) is 131 cm³/mol. The summed E-state index contributed by atoms with van der Waals surface area (Å²) in [6, 6.07) is 17.3. The molecule has 4 aromatic rings. The smallest absolute Gasteiger partial charge is 0.257 e. The fourth-order valence-corrected chi connectivity index (χ4v) is 4.83. The molecule has 0 aliphatic carbocycles. The largest absolute Gasteiger partial charge is 0.494 e. The number of aromatic nitrogens is 3. The maximum Gasteiger partial charge on any atom is 0.257 e. The third-order valence-electron chi connectivity index (χ3n) is 4.64. The van der Waals surface area contributed by atoms with Crippen LogP contribution in [0.5, 0.6) is 5.75 Å². The first kappa shape index (κ1) is 22.1. The van der Waals surface area contributed by atoms with Gasteiger partial charge in [0.15, 0.2) is 0 Å². The summed E-state index contributed by atoms with van der Waals surface area (Å²) in [4.78, 5) is 18.7. The molecule has 8 heteroatoms. The first-order valence-electron chi connectivity index (χ1n) is 10.4. The highest BCUT2D eigenvalue weighted by molar-refractivity contribution is 7.99. The number of nitrogens with one attached hydrogen (secondary N) is 1. The second-order valence-electron chi connectivity index (χ2n) is 6.94. The second-order valence-corrected chi connectivity index (χ2v) is 9.08. The number of anilines is 1. The fraction of sp³-hybridized carbons (Fsp3) is 0.208. The number of carbonyl (C=O) groups is 1. The zero-order chi connectivity index (χ0) is 22.5. The van der Waals surface area contributed by atoms with Gasteiger partial charge in [0.25, 0.3) is 5.91 Å². The molecule has 0 atom stereocenters. The van der Waals surface area contributed by atoms with Gasteiger partial charge in [-0.05, 0) is 56.0 Å². The van der Waals surface area contributed by atoms with Crippen molar-refractivity contribution in [3.8, 4) is 22.1 Å². The molecule has 1 amide bonds. The maximum absolute atomic E-state index is 13.0. The minimum Gasteiger partial charge on any atom is -0.494 e. The highest BCUT2D eigenvalue weighted by atomic mass is 32.2. The van der Waals surface area contributed by atoms with Gasteiger partial charge in [0.2, 0.25) is 5.13 Å². The van der Waals surface area contributed by atoms with Crippen molar-refractivity contribution in [3.63, 3.8) is 0 Å².